The maximum Gasteiger partial charge on any atom is 0.326 e. The average molecular weight is 224 g/mol. The second-order valence-corrected chi connectivity index (χ2v) is 3.14. The summed E-state index contributed by atoms with van der Waals surface area (Å²) in [5, 5.41) is 20.3. The number of aliphatic carboxylic acids is 1. The molecule has 1 amide bonds. The molecule has 0 saturated carbocycles. The molecule has 6 nitrogen and oxygen atoms in total. The van der Waals surface area contributed by atoms with Crippen LogP contribution in [-0.4, -0.2) is 33.1 Å². The topological polar surface area (TPSA) is 99.5 Å². The zero-order valence-electron chi connectivity index (χ0n) is 8.67. The first-order valence-electron chi connectivity index (χ1n) is 4.74. The molecule has 86 valence electrons. The van der Waals surface area contributed by atoms with Gasteiger partial charge in [-0.1, -0.05) is 6.92 Å². The predicted molar refractivity (Wildman–Crippen MR) is 55.1 cm³/mol. The van der Waals surface area contributed by atoms with Gasteiger partial charge < -0.3 is 15.5 Å². The van der Waals surface area contributed by atoms with Gasteiger partial charge >= 0.3 is 5.97 Å². The Hall–Kier alpha value is -2.11. The fourth-order valence-corrected chi connectivity index (χ4v) is 1.14. The number of nitrogens with one attached hydrogen (secondary N) is 1. The van der Waals surface area contributed by atoms with Crippen molar-refractivity contribution >= 4 is 11.9 Å². The molecule has 0 fully saturated rings. The van der Waals surface area contributed by atoms with Crippen molar-refractivity contribution in [3.05, 3.63) is 24.0 Å². The van der Waals surface area contributed by atoms with Gasteiger partial charge in [-0.2, -0.15) is 0 Å². The smallest absolute Gasteiger partial charge is 0.326 e. The summed E-state index contributed by atoms with van der Waals surface area (Å²) in [6, 6.07) is 1.80. The molecule has 6 heteroatoms. The molecule has 1 aromatic rings. The molecular formula is C10H12N2O4. The quantitative estimate of drug-likeness (QED) is 0.686. The SMILES string of the molecule is CCC(NC(=O)c1ncccc1O)C(=O)O. The number of amides is 1. The molecule has 0 aromatic carbocycles. The summed E-state index contributed by atoms with van der Waals surface area (Å²) in [5.41, 5.74) is -0.179. The molecular weight excluding hydrogens is 212 g/mol. The van der Waals surface area contributed by atoms with Gasteiger partial charge in [-0.25, -0.2) is 9.78 Å². The molecule has 0 bridgehead atoms. The lowest BCUT2D eigenvalue weighted by Crippen LogP contribution is -2.40. The fourth-order valence-electron chi connectivity index (χ4n) is 1.14. The van der Waals surface area contributed by atoms with Crippen LogP contribution in [0, 0.1) is 0 Å². The Kier molecular flexibility index (Phi) is 3.82. The summed E-state index contributed by atoms with van der Waals surface area (Å²) < 4.78 is 0. The van der Waals surface area contributed by atoms with Crippen LogP contribution in [0.4, 0.5) is 0 Å². The summed E-state index contributed by atoms with van der Waals surface area (Å²) in [6.07, 6.45) is 1.60. The second kappa shape index (κ2) is 5.11. The number of aromatic hydroxyl groups is 1. The van der Waals surface area contributed by atoms with Crippen molar-refractivity contribution in [2.45, 2.75) is 19.4 Å². The Labute approximate surface area is 91.9 Å². The third-order valence-corrected chi connectivity index (χ3v) is 2.01. The Bertz CT molecular complexity index is 406. The van der Waals surface area contributed by atoms with Gasteiger partial charge in [0.05, 0.1) is 0 Å². The number of rotatable bonds is 4. The number of carboxylic acids is 1. The van der Waals surface area contributed by atoms with E-state index in [9.17, 15) is 14.7 Å². The van der Waals surface area contributed by atoms with Gasteiger partial charge in [-0.05, 0) is 18.6 Å². The van der Waals surface area contributed by atoms with Gasteiger partial charge in [0.25, 0.3) is 5.91 Å². The van der Waals surface area contributed by atoms with Crippen LogP contribution in [0.3, 0.4) is 0 Å². The second-order valence-electron chi connectivity index (χ2n) is 3.14. The summed E-state index contributed by atoms with van der Waals surface area (Å²) >= 11 is 0. The minimum Gasteiger partial charge on any atom is -0.505 e. The molecule has 0 aliphatic rings. The van der Waals surface area contributed by atoms with Gasteiger partial charge in [0.2, 0.25) is 0 Å². The molecule has 3 N–H and O–H groups in total. The van der Waals surface area contributed by atoms with Crippen LogP contribution in [0.15, 0.2) is 18.3 Å². The highest BCUT2D eigenvalue weighted by atomic mass is 16.4. The third kappa shape index (κ3) is 2.69. The first kappa shape index (κ1) is 12.0. The number of carbonyl (C=O) groups excluding carboxylic acids is 1. The molecule has 1 heterocycles. The lowest BCUT2D eigenvalue weighted by molar-refractivity contribution is -0.139. The normalized spacial score (nSPS) is 11.8. The van der Waals surface area contributed by atoms with Crippen molar-refractivity contribution in [1.82, 2.24) is 10.3 Å². The van der Waals surface area contributed by atoms with E-state index in [-0.39, 0.29) is 17.9 Å². The van der Waals surface area contributed by atoms with Crippen LogP contribution in [-0.2, 0) is 4.79 Å². The highest BCUT2D eigenvalue weighted by molar-refractivity contribution is 5.96. The van der Waals surface area contributed by atoms with E-state index < -0.39 is 17.9 Å². The monoisotopic (exact) mass is 224 g/mol. The Morgan fingerprint density at radius 3 is 2.75 bits per heavy atom. The maximum absolute atomic E-state index is 11.5. The number of nitrogens with zero attached hydrogens (tertiary/aromatic N) is 1. The van der Waals surface area contributed by atoms with E-state index >= 15 is 0 Å². The van der Waals surface area contributed by atoms with E-state index in [4.69, 9.17) is 5.11 Å². The Balaban J connectivity index is 2.80. The number of pyridine rings is 1. The fraction of sp³-hybridized carbons (Fsp3) is 0.300. The van der Waals surface area contributed by atoms with Gasteiger partial charge in [0.15, 0.2) is 5.69 Å². The van der Waals surface area contributed by atoms with Crippen molar-refractivity contribution in [3.8, 4) is 5.75 Å². The van der Waals surface area contributed by atoms with Crippen LogP contribution in [0.5, 0.6) is 5.75 Å². The van der Waals surface area contributed by atoms with E-state index in [1.54, 1.807) is 6.92 Å². The lowest BCUT2D eigenvalue weighted by Gasteiger charge is -2.11. The minimum atomic E-state index is -1.12. The number of hydrogen-bond donors (Lipinski definition) is 3. The highest BCUT2D eigenvalue weighted by Gasteiger charge is 2.20. The third-order valence-electron chi connectivity index (χ3n) is 2.01. The molecule has 0 aliphatic heterocycles. The van der Waals surface area contributed by atoms with Crippen LogP contribution in [0.1, 0.15) is 23.8 Å². The number of carbonyl (C=O) groups is 2. The van der Waals surface area contributed by atoms with Gasteiger partial charge in [0.1, 0.15) is 11.8 Å². The van der Waals surface area contributed by atoms with Crippen molar-refractivity contribution < 1.29 is 19.8 Å². The maximum atomic E-state index is 11.5. The van der Waals surface area contributed by atoms with Crippen molar-refractivity contribution in [1.29, 1.82) is 0 Å². The standard InChI is InChI=1S/C10H12N2O4/c1-2-6(10(15)16)12-9(14)8-7(13)4-3-5-11-8/h3-6,13H,2H2,1H3,(H,12,14)(H,15,16). The molecule has 0 saturated heterocycles. The van der Waals surface area contributed by atoms with Gasteiger partial charge in [-0.15, -0.1) is 0 Å². The summed E-state index contributed by atoms with van der Waals surface area (Å²) in [5.74, 6) is -2.10. The highest BCUT2D eigenvalue weighted by Crippen LogP contribution is 2.12. The number of aromatic nitrogens is 1. The van der Waals surface area contributed by atoms with E-state index in [0.29, 0.717) is 0 Å². The van der Waals surface area contributed by atoms with Crippen molar-refractivity contribution in [2.75, 3.05) is 0 Å². The molecule has 16 heavy (non-hydrogen) atoms. The zero-order valence-corrected chi connectivity index (χ0v) is 8.67. The van der Waals surface area contributed by atoms with Crippen LogP contribution in [0.25, 0.3) is 0 Å². The van der Waals surface area contributed by atoms with Crippen LogP contribution in [0.2, 0.25) is 0 Å². The molecule has 0 spiro atoms. The Morgan fingerprint density at radius 2 is 2.25 bits per heavy atom. The van der Waals surface area contributed by atoms with Crippen LogP contribution >= 0.6 is 0 Å². The van der Waals surface area contributed by atoms with E-state index in [1.807, 2.05) is 0 Å². The number of hydrogen-bond acceptors (Lipinski definition) is 4. The van der Waals surface area contributed by atoms with E-state index in [2.05, 4.69) is 10.3 Å². The largest absolute Gasteiger partial charge is 0.505 e. The summed E-state index contributed by atoms with van der Waals surface area (Å²) in [4.78, 5) is 25.9. The first-order valence-corrected chi connectivity index (χ1v) is 4.74. The average Bonchev–Trinajstić information content (AvgIpc) is 2.25. The van der Waals surface area contributed by atoms with Gasteiger partial charge in [0, 0.05) is 6.20 Å². The minimum absolute atomic E-state index is 0.179. The first-order chi connectivity index (χ1) is 7.56. The van der Waals surface area contributed by atoms with Crippen molar-refractivity contribution in [2.24, 2.45) is 0 Å². The van der Waals surface area contributed by atoms with Crippen molar-refractivity contribution in [3.63, 3.8) is 0 Å². The van der Waals surface area contributed by atoms with Crippen LogP contribution < -0.4 is 5.32 Å². The molecule has 1 atom stereocenters. The summed E-state index contributed by atoms with van der Waals surface area (Å²) in [7, 11) is 0. The Morgan fingerprint density at radius 1 is 1.56 bits per heavy atom. The van der Waals surface area contributed by atoms with E-state index in [1.165, 1.54) is 18.3 Å². The zero-order chi connectivity index (χ0) is 12.1. The predicted octanol–water partition coefficient (Wildman–Crippen LogP) is 0.380. The molecule has 1 aromatic heterocycles. The molecule has 0 radical (unpaired) electrons. The van der Waals surface area contributed by atoms with E-state index in [0.717, 1.165) is 0 Å². The molecule has 1 unspecified atom stereocenters. The molecule has 1 rings (SSSR count). The lowest BCUT2D eigenvalue weighted by atomic mass is 10.2. The summed E-state index contributed by atoms with van der Waals surface area (Å²) in [6.45, 7) is 1.64. The molecule has 0 aliphatic carbocycles. The number of carboxylic acid groups (broad SMARTS) is 1. The van der Waals surface area contributed by atoms with Gasteiger partial charge in [-0.3, -0.25) is 4.79 Å².